The van der Waals surface area contributed by atoms with Gasteiger partial charge in [0.1, 0.15) is 0 Å². The Morgan fingerprint density at radius 2 is 2.23 bits per heavy atom. The van der Waals surface area contributed by atoms with E-state index in [-0.39, 0.29) is 12.6 Å². The molecule has 0 radical (unpaired) electrons. The lowest BCUT2D eigenvalue weighted by Gasteiger charge is -2.08. The van der Waals surface area contributed by atoms with Crippen molar-refractivity contribution >= 4 is 22.0 Å². The van der Waals surface area contributed by atoms with E-state index in [4.69, 9.17) is 0 Å². The number of halogens is 2. The van der Waals surface area contributed by atoms with Crippen molar-refractivity contribution < 1.29 is 4.39 Å². The van der Waals surface area contributed by atoms with Crippen LogP contribution in [0.2, 0.25) is 0 Å². The first-order chi connectivity index (χ1) is 6.17. The monoisotopic (exact) mass is 242 g/mol. The zero-order chi connectivity index (χ0) is 9.84. The molecule has 70 valence electrons. The van der Waals surface area contributed by atoms with Crippen molar-refractivity contribution in [2.24, 2.45) is 0 Å². The molecule has 1 aromatic carbocycles. The van der Waals surface area contributed by atoms with Gasteiger partial charge in [0.15, 0.2) is 0 Å². The lowest BCUT2D eigenvalue weighted by atomic mass is 10.0. The van der Waals surface area contributed by atoms with Crippen molar-refractivity contribution in [3.05, 3.63) is 40.4 Å². The molecule has 2 heteroatoms. The second kappa shape index (κ2) is 4.56. The highest BCUT2D eigenvalue weighted by Gasteiger charge is 2.05. The summed E-state index contributed by atoms with van der Waals surface area (Å²) in [5.74, 6) is -0.0452. The standard InChI is InChI=1S/C11H12BrF/c1-3-9-4-10(8(2)7-13)6-11(12)5-9/h3-6,8H,1,7H2,2H3. The quantitative estimate of drug-likeness (QED) is 0.747. The Balaban J connectivity index is 3.07. The maximum Gasteiger partial charge on any atom is 0.0960 e. The van der Waals surface area contributed by atoms with Gasteiger partial charge in [-0.1, -0.05) is 41.6 Å². The summed E-state index contributed by atoms with van der Waals surface area (Å²) in [4.78, 5) is 0. The average Bonchev–Trinajstić information content (AvgIpc) is 2.15. The molecule has 0 saturated carbocycles. The summed E-state index contributed by atoms with van der Waals surface area (Å²) in [5.41, 5.74) is 2.02. The van der Waals surface area contributed by atoms with Crippen molar-refractivity contribution in [1.82, 2.24) is 0 Å². The first-order valence-corrected chi connectivity index (χ1v) is 4.95. The van der Waals surface area contributed by atoms with Crippen molar-refractivity contribution in [2.75, 3.05) is 6.67 Å². The van der Waals surface area contributed by atoms with Gasteiger partial charge in [-0.3, -0.25) is 4.39 Å². The van der Waals surface area contributed by atoms with Crippen LogP contribution in [0.25, 0.3) is 6.08 Å². The van der Waals surface area contributed by atoms with Gasteiger partial charge in [0.05, 0.1) is 6.67 Å². The SMILES string of the molecule is C=Cc1cc(Br)cc(C(C)CF)c1. The lowest BCUT2D eigenvalue weighted by Crippen LogP contribution is -1.95. The Hall–Kier alpha value is -0.630. The fourth-order valence-electron chi connectivity index (χ4n) is 1.13. The van der Waals surface area contributed by atoms with Crippen LogP contribution in [0, 0.1) is 0 Å². The van der Waals surface area contributed by atoms with E-state index in [1.165, 1.54) is 0 Å². The average molecular weight is 243 g/mol. The van der Waals surface area contributed by atoms with Gasteiger partial charge in [-0.25, -0.2) is 0 Å². The molecule has 0 fully saturated rings. The zero-order valence-corrected chi connectivity index (χ0v) is 9.14. The molecule has 0 N–H and O–H groups in total. The Kier molecular flexibility index (Phi) is 3.67. The highest BCUT2D eigenvalue weighted by molar-refractivity contribution is 9.10. The third-order valence-corrected chi connectivity index (χ3v) is 2.44. The van der Waals surface area contributed by atoms with E-state index < -0.39 is 0 Å². The van der Waals surface area contributed by atoms with E-state index in [2.05, 4.69) is 22.5 Å². The highest BCUT2D eigenvalue weighted by atomic mass is 79.9. The molecule has 0 aliphatic heterocycles. The number of benzene rings is 1. The van der Waals surface area contributed by atoms with Crippen LogP contribution in [0.5, 0.6) is 0 Å². The lowest BCUT2D eigenvalue weighted by molar-refractivity contribution is 0.447. The minimum absolute atomic E-state index is 0.0452. The highest BCUT2D eigenvalue weighted by Crippen LogP contribution is 2.23. The minimum Gasteiger partial charge on any atom is -0.250 e. The van der Waals surface area contributed by atoms with E-state index in [0.29, 0.717) is 0 Å². The van der Waals surface area contributed by atoms with Gasteiger partial charge in [0, 0.05) is 10.4 Å². The third-order valence-electron chi connectivity index (χ3n) is 1.98. The fraction of sp³-hybridized carbons (Fsp3) is 0.273. The Morgan fingerprint density at radius 1 is 1.54 bits per heavy atom. The maximum atomic E-state index is 12.4. The van der Waals surface area contributed by atoms with E-state index in [1.807, 2.05) is 25.1 Å². The molecule has 0 spiro atoms. The van der Waals surface area contributed by atoms with Gasteiger partial charge in [-0.2, -0.15) is 0 Å². The molecule has 0 amide bonds. The molecule has 0 aliphatic rings. The molecule has 0 saturated heterocycles. The Bertz CT molecular complexity index is 307. The molecule has 1 atom stereocenters. The summed E-state index contributed by atoms with van der Waals surface area (Å²) in [6.45, 7) is 5.23. The number of rotatable bonds is 3. The van der Waals surface area contributed by atoms with Crippen LogP contribution in [0.3, 0.4) is 0 Å². The topological polar surface area (TPSA) is 0 Å². The van der Waals surface area contributed by atoms with E-state index in [1.54, 1.807) is 6.08 Å². The summed E-state index contributed by atoms with van der Waals surface area (Å²) in [7, 11) is 0. The molecule has 1 aromatic rings. The summed E-state index contributed by atoms with van der Waals surface area (Å²) in [6, 6.07) is 5.86. The fourth-order valence-corrected chi connectivity index (χ4v) is 1.66. The smallest absolute Gasteiger partial charge is 0.0960 e. The largest absolute Gasteiger partial charge is 0.250 e. The van der Waals surface area contributed by atoms with Gasteiger partial charge in [-0.05, 0) is 23.3 Å². The first kappa shape index (κ1) is 10.5. The molecular formula is C11H12BrF. The van der Waals surface area contributed by atoms with Crippen LogP contribution < -0.4 is 0 Å². The van der Waals surface area contributed by atoms with Crippen LogP contribution in [0.4, 0.5) is 4.39 Å². The summed E-state index contributed by atoms with van der Waals surface area (Å²) >= 11 is 3.38. The van der Waals surface area contributed by atoms with Crippen molar-refractivity contribution in [3.63, 3.8) is 0 Å². The number of hydrogen-bond donors (Lipinski definition) is 0. The van der Waals surface area contributed by atoms with Gasteiger partial charge in [0.25, 0.3) is 0 Å². The van der Waals surface area contributed by atoms with Gasteiger partial charge in [0.2, 0.25) is 0 Å². The van der Waals surface area contributed by atoms with Gasteiger partial charge >= 0.3 is 0 Å². The maximum absolute atomic E-state index is 12.4. The van der Waals surface area contributed by atoms with E-state index in [9.17, 15) is 4.39 Å². The minimum atomic E-state index is -0.326. The molecular weight excluding hydrogens is 231 g/mol. The van der Waals surface area contributed by atoms with Crippen LogP contribution >= 0.6 is 15.9 Å². The zero-order valence-electron chi connectivity index (χ0n) is 7.56. The van der Waals surface area contributed by atoms with Gasteiger partial charge in [-0.15, -0.1) is 0 Å². The van der Waals surface area contributed by atoms with Crippen molar-refractivity contribution in [3.8, 4) is 0 Å². The predicted octanol–water partition coefficient (Wildman–Crippen LogP) is 4.17. The van der Waals surface area contributed by atoms with Crippen LogP contribution in [0.1, 0.15) is 24.0 Å². The Labute approximate surface area is 86.6 Å². The molecule has 0 aromatic heterocycles. The Morgan fingerprint density at radius 3 is 2.77 bits per heavy atom. The second-order valence-electron chi connectivity index (χ2n) is 3.08. The number of hydrogen-bond acceptors (Lipinski definition) is 0. The molecule has 1 unspecified atom stereocenters. The van der Waals surface area contributed by atoms with E-state index >= 15 is 0 Å². The molecule has 0 bridgehead atoms. The summed E-state index contributed by atoms with van der Waals surface area (Å²) in [5, 5.41) is 0. The van der Waals surface area contributed by atoms with Crippen molar-refractivity contribution in [2.45, 2.75) is 12.8 Å². The van der Waals surface area contributed by atoms with E-state index in [0.717, 1.165) is 15.6 Å². The first-order valence-electron chi connectivity index (χ1n) is 4.16. The van der Waals surface area contributed by atoms with Crippen molar-refractivity contribution in [1.29, 1.82) is 0 Å². The second-order valence-corrected chi connectivity index (χ2v) is 3.99. The molecule has 13 heavy (non-hydrogen) atoms. The third kappa shape index (κ3) is 2.66. The molecule has 0 aliphatic carbocycles. The van der Waals surface area contributed by atoms with Gasteiger partial charge < -0.3 is 0 Å². The van der Waals surface area contributed by atoms with Crippen LogP contribution in [-0.2, 0) is 0 Å². The molecule has 0 nitrogen and oxygen atoms in total. The summed E-state index contributed by atoms with van der Waals surface area (Å²) < 4.78 is 13.4. The molecule has 1 rings (SSSR count). The van der Waals surface area contributed by atoms with Crippen LogP contribution in [-0.4, -0.2) is 6.67 Å². The summed E-state index contributed by atoms with van der Waals surface area (Å²) in [6.07, 6.45) is 1.76. The predicted molar refractivity (Wildman–Crippen MR) is 58.6 cm³/mol. The normalized spacial score (nSPS) is 12.5. The van der Waals surface area contributed by atoms with Crippen LogP contribution in [0.15, 0.2) is 29.3 Å². The number of alkyl halides is 1. The molecule has 0 heterocycles.